The Morgan fingerprint density at radius 1 is 1.23 bits per heavy atom. The van der Waals surface area contributed by atoms with E-state index in [2.05, 4.69) is 10.3 Å². The van der Waals surface area contributed by atoms with Crippen LogP contribution < -0.4 is 4.74 Å². The van der Waals surface area contributed by atoms with Gasteiger partial charge >= 0.3 is 5.97 Å². The highest BCUT2D eigenvalue weighted by Gasteiger charge is 2.35. The fraction of sp³-hybridized carbons (Fsp3) is 0.238. The molecule has 1 atom stereocenters. The Balaban J connectivity index is 1.51. The number of carbonyl (C=O) groups excluding carboxylic acids is 2. The molecule has 0 unspecified atom stereocenters. The average molecular weight is 409 g/mol. The summed E-state index contributed by atoms with van der Waals surface area (Å²) < 4.78 is 20.6. The maximum absolute atomic E-state index is 12.8. The van der Waals surface area contributed by atoms with Gasteiger partial charge < -0.3 is 18.4 Å². The monoisotopic (exact) mass is 409 g/mol. The average Bonchev–Trinajstić information content (AvgIpc) is 3.51. The van der Waals surface area contributed by atoms with Crippen LogP contribution >= 0.6 is 0 Å². The lowest BCUT2D eigenvalue weighted by Crippen LogP contribution is -2.31. The molecule has 30 heavy (non-hydrogen) atoms. The van der Waals surface area contributed by atoms with Gasteiger partial charge in [-0.05, 0) is 48.9 Å². The van der Waals surface area contributed by atoms with Crippen LogP contribution in [-0.2, 0) is 9.53 Å². The predicted molar refractivity (Wildman–Crippen MR) is 104 cm³/mol. The smallest absolute Gasteiger partial charge is 0.377 e. The third-order valence-electron chi connectivity index (χ3n) is 4.62. The van der Waals surface area contributed by atoms with Gasteiger partial charge in [-0.2, -0.15) is 5.10 Å². The Hall–Kier alpha value is -3.88. The van der Waals surface area contributed by atoms with Crippen molar-refractivity contribution in [2.24, 2.45) is 5.10 Å². The van der Waals surface area contributed by atoms with E-state index in [1.165, 1.54) is 17.3 Å². The van der Waals surface area contributed by atoms with Crippen LogP contribution in [0.15, 0.2) is 62.8 Å². The molecule has 9 nitrogen and oxygen atoms in total. The molecule has 0 saturated heterocycles. The van der Waals surface area contributed by atoms with Crippen LogP contribution in [0.4, 0.5) is 0 Å². The molecule has 1 amide bonds. The summed E-state index contributed by atoms with van der Waals surface area (Å²) in [5.41, 5.74) is 2.11. The van der Waals surface area contributed by atoms with Gasteiger partial charge in [-0.1, -0.05) is 5.16 Å². The van der Waals surface area contributed by atoms with Crippen LogP contribution in [0, 0.1) is 6.92 Å². The van der Waals surface area contributed by atoms with Crippen LogP contribution in [0.2, 0.25) is 0 Å². The SMILES string of the molecule is COc1ccc(C2=NN(C(=O)COC(=O)c3cc(C)no3)[C@@H](c3ccco3)C2)cc1. The molecule has 1 aliphatic heterocycles. The predicted octanol–water partition coefficient (Wildman–Crippen LogP) is 3.12. The molecule has 0 spiro atoms. The molecular weight excluding hydrogens is 390 g/mol. The number of amides is 1. The first-order valence-electron chi connectivity index (χ1n) is 9.23. The highest BCUT2D eigenvalue weighted by atomic mass is 16.6. The molecular formula is C21H19N3O6. The van der Waals surface area contributed by atoms with Crippen molar-refractivity contribution in [3.63, 3.8) is 0 Å². The van der Waals surface area contributed by atoms with Crippen molar-refractivity contribution in [2.75, 3.05) is 13.7 Å². The number of methoxy groups -OCH3 is 1. The summed E-state index contributed by atoms with van der Waals surface area (Å²) in [5, 5.41) is 9.40. The normalized spacial score (nSPS) is 15.7. The van der Waals surface area contributed by atoms with Crippen molar-refractivity contribution >= 4 is 17.6 Å². The number of carbonyl (C=O) groups is 2. The summed E-state index contributed by atoms with van der Waals surface area (Å²) in [6.45, 7) is 1.19. The second-order valence-corrected chi connectivity index (χ2v) is 6.66. The first-order valence-corrected chi connectivity index (χ1v) is 9.23. The number of furan rings is 1. The molecule has 1 aromatic carbocycles. The van der Waals surface area contributed by atoms with Crippen LogP contribution in [0.1, 0.15) is 40.0 Å². The number of hydrogen-bond donors (Lipinski definition) is 0. The largest absolute Gasteiger partial charge is 0.497 e. The topological polar surface area (TPSA) is 107 Å². The Morgan fingerprint density at radius 3 is 2.67 bits per heavy atom. The standard InChI is InChI=1S/C21H19N3O6/c1-13-10-19(30-23-13)21(26)29-12-20(25)24-17(18-4-3-9-28-18)11-16(22-24)14-5-7-15(27-2)8-6-14/h3-10,17H,11-12H2,1-2H3/t17-/m1/s1. The van der Waals surface area contributed by atoms with Crippen molar-refractivity contribution in [1.82, 2.24) is 10.2 Å². The number of hydrogen-bond acceptors (Lipinski definition) is 8. The lowest BCUT2D eigenvalue weighted by atomic mass is 10.0. The van der Waals surface area contributed by atoms with Crippen molar-refractivity contribution in [2.45, 2.75) is 19.4 Å². The van der Waals surface area contributed by atoms with E-state index in [0.717, 1.165) is 11.3 Å². The van der Waals surface area contributed by atoms with Crippen molar-refractivity contribution in [3.8, 4) is 5.75 Å². The van der Waals surface area contributed by atoms with E-state index in [-0.39, 0.29) is 5.76 Å². The van der Waals surface area contributed by atoms with E-state index in [1.807, 2.05) is 24.3 Å². The summed E-state index contributed by atoms with van der Waals surface area (Å²) in [4.78, 5) is 24.8. The quantitative estimate of drug-likeness (QED) is 0.576. The van der Waals surface area contributed by atoms with Crippen LogP contribution in [0.3, 0.4) is 0 Å². The van der Waals surface area contributed by atoms with Gasteiger partial charge in [-0.15, -0.1) is 0 Å². The molecule has 3 aromatic rings. The third kappa shape index (κ3) is 3.95. The van der Waals surface area contributed by atoms with Gasteiger partial charge in [0.05, 0.1) is 24.8 Å². The molecule has 9 heteroatoms. The molecule has 3 heterocycles. The lowest BCUT2D eigenvalue weighted by Gasteiger charge is -2.19. The van der Waals surface area contributed by atoms with Crippen molar-refractivity contribution < 1.29 is 28.0 Å². The number of nitrogens with zero attached hydrogens (tertiary/aromatic N) is 3. The first kappa shape index (κ1) is 19.4. The zero-order valence-corrected chi connectivity index (χ0v) is 16.4. The van der Waals surface area contributed by atoms with Gasteiger partial charge in [0.1, 0.15) is 17.6 Å². The Bertz CT molecular complexity index is 1070. The number of ether oxygens (including phenoxy) is 2. The number of benzene rings is 1. The third-order valence-corrected chi connectivity index (χ3v) is 4.62. The maximum Gasteiger partial charge on any atom is 0.377 e. The van der Waals surface area contributed by atoms with Gasteiger partial charge in [0.25, 0.3) is 5.91 Å². The molecule has 0 bridgehead atoms. The Kier molecular flexibility index (Phi) is 5.34. The minimum atomic E-state index is -0.767. The number of hydrazone groups is 1. The van der Waals surface area contributed by atoms with E-state index >= 15 is 0 Å². The molecule has 4 rings (SSSR count). The molecule has 0 fully saturated rings. The first-order chi connectivity index (χ1) is 14.5. The van der Waals surface area contributed by atoms with Gasteiger partial charge in [0.15, 0.2) is 6.61 Å². The molecule has 0 radical (unpaired) electrons. The van der Waals surface area contributed by atoms with Crippen LogP contribution in [-0.4, -0.2) is 41.5 Å². The Morgan fingerprint density at radius 2 is 2.03 bits per heavy atom. The van der Waals surface area contributed by atoms with E-state index in [0.29, 0.717) is 23.6 Å². The number of rotatable bonds is 6. The van der Waals surface area contributed by atoms with Crippen molar-refractivity contribution in [3.05, 3.63) is 71.5 Å². The summed E-state index contributed by atoms with van der Waals surface area (Å²) in [6.07, 6.45) is 2.00. The zero-order valence-electron chi connectivity index (χ0n) is 16.4. The van der Waals surface area contributed by atoms with Gasteiger partial charge in [0, 0.05) is 12.5 Å². The number of aromatic nitrogens is 1. The second-order valence-electron chi connectivity index (χ2n) is 6.66. The summed E-state index contributed by atoms with van der Waals surface area (Å²) in [7, 11) is 1.59. The molecule has 0 saturated carbocycles. The number of aryl methyl sites for hydroxylation is 1. The van der Waals surface area contributed by atoms with Gasteiger partial charge in [-0.3, -0.25) is 4.79 Å². The van der Waals surface area contributed by atoms with Crippen LogP contribution in [0.25, 0.3) is 0 Å². The zero-order chi connectivity index (χ0) is 21.1. The fourth-order valence-electron chi connectivity index (χ4n) is 3.13. The van der Waals surface area contributed by atoms with E-state index in [4.69, 9.17) is 18.4 Å². The molecule has 154 valence electrons. The van der Waals surface area contributed by atoms with E-state index < -0.39 is 24.5 Å². The summed E-state index contributed by atoms with van der Waals surface area (Å²) in [5.74, 6) is 0.00325. The van der Waals surface area contributed by atoms with E-state index in [9.17, 15) is 9.59 Å². The van der Waals surface area contributed by atoms with Crippen LogP contribution in [0.5, 0.6) is 5.75 Å². The molecule has 1 aliphatic rings. The molecule has 2 aromatic heterocycles. The minimum Gasteiger partial charge on any atom is -0.497 e. The van der Waals surface area contributed by atoms with E-state index in [1.54, 1.807) is 26.2 Å². The second kappa shape index (κ2) is 8.24. The van der Waals surface area contributed by atoms with Gasteiger partial charge in [0.2, 0.25) is 5.76 Å². The minimum absolute atomic E-state index is 0.0632. The summed E-state index contributed by atoms with van der Waals surface area (Å²) >= 11 is 0. The van der Waals surface area contributed by atoms with Gasteiger partial charge in [-0.25, -0.2) is 9.80 Å². The molecule has 0 aliphatic carbocycles. The van der Waals surface area contributed by atoms with Crippen molar-refractivity contribution in [1.29, 1.82) is 0 Å². The summed E-state index contributed by atoms with van der Waals surface area (Å²) in [6, 6.07) is 11.9. The Labute approximate surface area is 171 Å². The number of esters is 1. The molecule has 0 N–H and O–H groups in total. The highest BCUT2D eigenvalue weighted by molar-refractivity contribution is 6.03. The lowest BCUT2D eigenvalue weighted by molar-refractivity contribution is -0.136. The maximum atomic E-state index is 12.8. The highest BCUT2D eigenvalue weighted by Crippen LogP contribution is 2.33. The fourth-order valence-corrected chi connectivity index (χ4v) is 3.13.